The third kappa shape index (κ3) is 2.37. The molecule has 1 aliphatic carbocycles. The molecule has 0 saturated heterocycles. The minimum Gasteiger partial charge on any atom is -0.299 e. The van der Waals surface area contributed by atoms with Crippen molar-refractivity contribution in [2.45, 2.75) is 39.2 Å². The molecule has 1 aliphatic rings. The Morgan fingerprint density at radius 2 is 2.19 bits per heavy atom. The normalized spacial score (nSPS) is 18.9. The average Bonchev–Trinajstić information content (AvgIpc) is 2.72. The lowest BCUT2D eigenvalue weighted by Crippen LogP contribution is -2.31. The highest BCUT2D eigenvalue weighted by Gasteiger charge is 2.33. The molecule has 0 aromatic carbocycles. The highest BCUT2D eigenvalue weighted by Crippen LogP contribution is 2.40. The minimum atomic E-state index is 0.0692. The van der Waals surface area contributed by atoms with Gasteiger partial charge < -0.3 is 0 Å². The second-order valence-electron chi connectivity index (χ2n) is 4.84. The molecule has 0 atom stereocenters. The van der Waals surface area contributed by atoms with Crippen LogP contribution in [0.2, 0.25) is 0 Å². The van der Waals surface area contributed by atoms with Gasteiger partial charge in [-0.1, -0.05) is 28.8 Å². The lowest BCUT2D eigenvalue weighted by atomic mass is 9.89. The number of aromatic nitrogens is 2. The van der Waals surface area contributed by atoms with E-state index < -0.39 is 0 Å². The summed E-state index contributed by atoms with van der Waals surface area (Å²) in [4.78, 5) is 16.0. The lowest BCUT2D eigenvalue weighted by Gasteiger charge is -2.27. The molecule has 16 heavy (non-hydrogen) atoms. The van der Waals surface area contributed by atoms with E-state index in [0.29, 0.717) is 0 Å². The molecule has 0 spiro atoms. The maximum absolute atomic E-state index is 11.8. The van der Waals surface area contributed by atoms with Crippen LogP contribution in [0.3, 0.4) is 0 Å². The summed E-state index contributed by atoms with van der Waals surface area (Å²) in [5.74, 6) is 0. The van der Waals surface area contributed by atoms with E-state index in [2.05, 4.69) is 20.9 Å². The predicted molar refractivity (Wildman–Crippen MR) is 67.9 cm³/mol. The molecule has 1 aromatic rings. The molecule has 1 heterocycles. The van der Waals surface area contributed by atoms with Gasteiger partial charge in [-0.2, -0.15) is 0 Å². The molecule has 3 nitrogen and oxygen atoms in total. The van der Waals surface area contributed by atoms with E-state index in [1.807, 2.05) is 6.92 Å². The monoisotopic (exact) mass is 284 g/mol. The number of halogens is 1. The molecule has 4 heteroatoms. The van der Waals surface area contributed by atoms with Crippen LogP contribution in [0, 0.1) is 12.3 Å². The Kier molecular flexibility index (Phi) is 3.47. The maximum Gasteiger partial charge on any atom is 0.253 e. The molecule has 0 amide bonds. The topological polar surface area (TPSA) is 34.9 Å². The Balaban J connectivity index is 2.22. The third-order valence-corrected chi connectivity index (χ3v) is 4.66. The van der Waals surface area contributed by atoms with Crippen molar-refractivity contribution in [2.24, 2.45) is 5.41 Å². The first-order chi connectivity index (χ1) is 7.65. The van der Waals surface area contributed by atoms with Gasteiger partial charge in [0, 0.05) is 23.6 Å². The van der Waals surface area contributed by atoms with Crippen LogP contribution in [0.4, 0.5) is 0 Å². The third-order valence-electron chi connectivity index (χ3n) is 3.47. The Morgan fingerprint density at radius 1 is 1.50 bits per heavy atom. The van der Waals surface area contributed by atoms with E-state index in [1.54, 1.807) is 17.0 Å². The summed E-state index contributed by atoms with van der Waals surface area (Å²) < 4.78 is 1.75. The zero-order valence-electron chi connectivity index (χ0n) is 9.58. The first kappa shape index (κ1) is 11.8. The molecule has 0 N–H and O–H groups in total. The molecule has 0 bridgehead atoms. The smallest absolute Gasteiger partial charge is 0.253 e. The fourth-order valence-electron chi connectivity index (χ4n) is 2.46. The second-order valence-corrected chi connectivity index (χ2v) is 5.40. The fourth-order valence-corrected chi connectivity index (χ4v) is 3.19. The van der Waals surface area contributed by atoms with Gasteiger partial charge in [-0.3, -0.25) is 9.36 Å². The summed E-state index contributed by atoms with van der Waals surface area (Å²) in [6.07, 6.45) is 6.65. The molecule has 0 unspecified atom stereocenters. The number of hydrogen-bond acceptors (Lipinski definition) is 2. The molecular weight excluding hydrogens is 268 g/mol. The summed E-state index contributed by atoms with van der Waals surface area (Å²) in [6.45, 7) is 2.64. The largest absolute Gasteiger partial charge is 0.299 e. The quantitative estimate of drug-likeness (QED) is 0.800. The summed E-state index contributed by atoms with van der Waals surface area (Å²) in [5.41, 5.74) is 1.13. The van der Waals surface area contributed by atoms with Gasteiger partial charge in [-0.05, 0) is 25.2 Å². The van der Waals surface area contributed by atoms with Crippen molar-refractivity contribution < 1.29 is 0 Å². The maximum atomic E-state index is 11.8. The average molecular weight is 285 g/mol. The molecule has 1 aromatic heterocycles. The Bertz CT molecular complexity index is 421. The van der Waals surface area contributed by atoms with Crippen molar-refractivity contribution in [3.05, 3.63) is 28.4 Å². The molecule has 0 radical (unpaired) electrons. The van der Waals surface area contributed by atoms with Crippen LogP contribution in [0.5, 0.6) is 0 Å². The van der Waals surface area contributed by atoms with Crippen molar-refractivity contribution in [1.29, 1.82) is 0 Å². The van der Waals surface area contributed by atoms with E-state index in [-0.39, 0.29) is 11.0 Å². The van der Waals surface area contributed by atoms with Gasteiger partial charge >= 0.3 is 0 Å². The number of rotatable bonds is 3. The van der Waals surface area contributed by atoms with Crippen LogP contribution < -0.4 is 5.56 Å². The number of aryl methyl sites for hydroxylation is 1. The van der Waals surface area contributed by atoms with E-state index in [0.717, 1.165) is 17.6 Å². The molecule has 0 aliphatic heterocycles. The van der Waals surface area contributed by atoms with Crippen LogP contribution in [0.1, 0.15) is 31.4 Å². The zero-order chi connectivity index (χ0) is 11.6. The minimum absolute atomic E-state index is 0.0692. The molecule has 2 rings (SSSR count). The zero-order valence-corrected chi connectivity index (χ0v) is 11.2. The van der Waals surface area contributed by atoms with E-state index in [4.69, 9.17) is 0 Å². The van der Waals surface area contributed by atoms with Gasteiger partial charge in [0.15, 0.2) is 0 Å². The van der Waals surface area contributed by atoms with E-state index in [9.17, 15) is 4.79 Å². The Labute approximate surface area is 104 Å². The van der Waals surface area contributed by atoms with Crippen LogP contribution in [-0.4, -0.2) is 14.9 Å². The van der Waals surface area contributed by atoms with Crippen LogP contribution >= 0.6 is 15.9 Å². The van der Waals surface area contributed by atoms with Gasteiger partial charge in [0.05, 0.1) is 6.33 Å². The van der Waals surface area contributed by atoms with Crippen molar-refractivity contribution in [3.63, 3.8) is 0 Å². The summed E-state index contributed by atoms with van der Waals surface area (Å²) >= 11 is 3.59. The Morgan fingerprint density at radius 3 is 2.75 bits per heavy atom. The molecule has 1 saturated carbocycles. The predicted octanol–water partition coefficient (Wildman–Crippen LogP) is 2.51. The van der Waals surface area contributed by atoms with Crippen LogP contribution in [0.15, 0.2) is 17.2 Å². The van der Waals surface area contributed by atoms with Crippen molar-refractivity contribution >= 4 is 15.9 Å². The van der Waals surface area contributed by atoms with Crippen LogP contribution in [-0.2, 0) is 6.54 Å². The van der Waals surface area contributed by atoms with Gasteiger partial charge in [0.1, 0.15) is 0 Å². The molecular formula is C12H17BrN2O. The van der Waals surface area contributed by atoms with Crippen molar-refractivity contribution in [1.82, 2.24) is 9.55 Å². The van der Waals surface area contributed by atoms with E-state index >= 15 is 0 Å². The first-order valence-electron chi connectivity index (χ1n) is 5.74. The van der Waals surface area contributed by atoms with Gasteiger partial charge in [-0.15, -0.1) is 0 Å². The van der Waals surface area contributed by atoms with Crippen molar-refractivity contribution in [2.75, 3.05) is 5.33 Å². The highest BCUT2D eigenvalue weighted by molar-refractivity contribution is 9.09. The number of alkyl halides is 1. The van der Waals surface area contributed by atoms with E-state index in [1.165, 1.54) is 25.7 Å². The van der Waals surface area contributed by atoms with Gasteiger partial charge in [0.2, 0.25) is 0 Å². The summed E-state index contributed by atoms with van der Waals surface area (Å²) in [6, 6.07) is 1.61. The summed E-state index contributed by atoms with van der Waals surface area (Å²) in [5, 5.41) is 0.973. The SMILES string of the molecule is Cc1cc(=O)n(CC2(CBr)CCCC2)cn1. The first-order valence-corrected chi connectivity index (χ1v) is 6.86. The Hall–Kier alpha value is -0.640. The van der Waals surface area contributed by atoms with Crippen LogP contribution in [0.25, 0.3) is 0 Å². The number of nitrogens with zero attached hydrogens (tertiary/aromatic N) is 2. The second kappa shape index (κ2) is 4.70. The van der Waals surface area contributed by atoms with Crippen molar-refractivity contribution in [3.8, 4) is 0 Å². The van der Waals surface area contributed by atoms with Gasteiger partial charge in [0.25, 0.3) is 5.56 Å². The lowest BCUT2D eigenvalue weighted by molar-refractivity contribution is 0.286. The summed E-state index contributed by atoms with van der Waals surface area (Å²) in [7, 11) is 0. The highest BCUT2D eigenvalue weighted by atomic mass is 79.9. The molecule has 88 valence electrons. The molecule has 1 fully saturated rings. The fraction of sp³-hybridized carbons (Fsp3) is 0.667. The number of hydrogen-bond donors (Lipinski definition) is 0. The van der Waals surface area contributed by atoms with Gasteiger partial charge in [-0.25, -0.2) is 4.98 Å². The standard InChI is InChI=1S/C12H17BrN2O/c1-10-6-11(16)15(9-14-10)8-12(7-13)4-2-3-5-12/h6,9H,2-5,7-8H2,1H3.